The molecule has 0 aromatic heterocycles. The van der Waals surface area contributed by atoms with Crippen molar-refractivity contribution in [2.45, 2.75) is 52.1 Å². The Balaban J connectivity index is 1.65. The number of rotatable bonds is 5. The molecule has 0 spiro atoms. The first-order valence-corrected chi connectivity index (χ1v) is 8.31. The number of fused-ring (bicyclic) bond motifs is 1. The predicted molar refractivity (Wildman–Crippen MR) is 84.6 cm³/mol. The second-order valence-corrected chi connectivity index (χ2v) is 6.75. The van der Waals surface area contributed by atoms with E-state index < -0.39 is 0 Å². The maximum atomic E-state index is 3.63. The molecule has 0 saturated heterocycles. The maximum absolute atomic E-state index is 3.63. The van der Waals surface area contributed by atoms with E-state index in [1.54, 1.807) is 11.1 Å². The minimum Gasteiger partial charge on any atom is -0.316 e. The highest BCUT2D eigenvalue weighted by Gasteiger charge is 2.34. The average Bonchev–Trinajstić information content (AvgIpc) is 2.88. The van der Waals surface area contributed by atoms with Crippen molar-refractivity contribution in [3.8, 4) is 0 Å². The first-order valence-electron chi connectivity index (χ1n) is 8.31. The molecule has 1 saturated carbocycles. The molecule has 20 heavy (non-hydrogen) atoms. The Morgan fingerprint density at radius 1 is 1.05 bits per heavy atom. The van der Waals surface area contributed by atoms with Crippen LogP contribution in [-0.2, 0) is 13.1 Å². The first-order chi connectivity index (χ1) is 9.81. The Labute approximate surface area is 123 Å². The average molecular weight is 272 g/mol. The SMILES string of the molecule is CCNCC1(CN2Cc3ccccc3C2)CCCCC1. The van der Waals surface area contributed by atoms with E-state index >= 15 is 0 Å². The van der Waals surface area contributed by atoms with Crippen molar-refractivity contribution in [1.29, 1.82) is 0 Å². The van der Waals surface area contributed by atoms with Crippen LogP contribution in [0.2, 0.25) is 0 Å². The monoisotopic (exact) mass is 272 g/mol. The number of benzene rings is 1. The quantitative estimate of drug-likeness (QED) is 0.881. The van der Waals surface area contributed by atoms with Crippen LogP contribution in [-0.4, -0.2) is 24.5 Å². The standard InChI is InChI=1S/C18H28N2/c1-2-19-14-18(10-6-3-7-11-18)15-20-12-16-8-4-5-9-17(16)13-20/h4-5,8-9,19H,2-3,6-7,10-15H2,1H3. The van der Waals surface area contributed by atoms with E-state index in [0.29, 0.717) is 5.41 Å². The Hall–Kier alpha value is -0.860. The Bertz CT molecular complexity index is 410. The van der Waals surface area contributed by atoms with Gasteiger partial charge in [-0.2, -0.15) is 0 Å². The molecule has 0 radical (unpaired) electrons. The highest BCUT2D eigenvalue weighted by Crippen LogP contribution is 2.38. The van der Waals surface area contributed by atoms with E-state index in [0.717, 1.165) is 19.6 Å². The van der Waals surface area contributed by atoms with Crippen LogP contribution in [0.3, 0.4) is 0 Å². The van der Waals surface area contributed by atoms with Gasteiger partial charge in [0.25, 0.3) is 0 Å². The lowest BCUT2D eigenvalue weighted by molar-refractivity contribution is 0.101. The van der Waals surface area contributed by atoms with Crippen molar-refractivity contribution in [3.05, 3.63) is 35.4 Å². The number of nitrogens with zero attached hydrogens (tertiary/aromatic N) is 1. The molecule has 1 aromatic rings. The van der Waals surface area contributed by atoms with Crippen LogP contribution < -0.4 is 5.32 Å². The molecule has 1 fully saturated rings. The van der Waals surface area contributed by atoms with Crippen LogP contribution >= 0.6 is 0 Å². The van der Waals surface area contributed by atoms with E-state index in [1.807, 2.05) is 0 Å². The zero-order chi connectivity index (χ0) is 13.8. The van der Waals surface area contributed by atoms with Gasteiger partial charge in [-0.25, -0.2) is 0 Å². The fourth-order valence-electron chi connectivity index (χ4n) is 4.07. The summed E-state index contributed by atoms with van der Waals surface area (Å²) < 4.78 is 0. The van der Waals surface area contributed by atoms with Gasteiger partial charge in [-0.3, -0.25) is 4.90 Å². The molecule has 1 aliphatic carbocycles. The van der Waals surface area contributed by atoms with E-state index in [4.69, 9.17) is 0 Å². The molecule has 0 bridgehead atoms. The van der Waals surface area contributed by atoms with Gasteiger partial charge >= 0.3 is 0 Å². The lowest BCUT2D eigenvalue weighted by Gasteiger charge is -2.40. The molecule has 0 unspecified atom stereocenters. The highest BCUT2D eigenvalue weighted by molar-refractivity contribution is 5.30. The van der Waals surface area contributed by atoms with Crippen molar-refractivity contribution < 1.29 is 0 Å². The van der Waals surface area contributed by atoms with Gasteiger partial charge in [0.05, 0.1) is 0 Å². The molecular formula is C18H28N2. The third-order valence-corrected chi connectivity index (χ3v) is 5.13. The number of hydrogen-bond acceptors (Lipinski definition) is 2. The summed E-state index contributed by atoms with van der Waals surface area (Å²) in [6.07, 6.45) is 7.10. The normalized spacial score (nSPS) is 21.9. The van der Waals surface area contributed by atoms with E-state index in [-0.39, 0.29) is 0 Å². The summed E-state index contributed by atoms with van der Waals surface area (Å²) in [5.41, 5.74) is 3.61. The molecule has 110 valence electrons. The lowest BCUT2D eigenvalue weighted by Crippen LogP contribution is -2.44. The van der Waals surface area contributed by atoms with Gasteiger partial charge in [0.2, 0.25) is 0 Å². The van der Waals surface area contributed by atoms with Gasteiger partial charge in [-0.05, 0) is 35.9 Å². The van der Waals surface area contributed by atoms with Crippen LogP contribution in [0, 0.1) is 5.41 Å². The second kappa shape index (κ2) is 6.28. The predicted octanol–water partition coefficient (Wildman–Crippen LogP) is 3.56. The van der Waals surface area contributed by atoms with Gasteiger partial charge in [0.1, 0.15) is 0 Å². The Kier molecular flexibility index (Phi) is 4.42. The molecule has 0 amide bonds. The fraction of sp³-hybridized carbons (Fsp3) is 0.667. The van der Waals surface area contributed by atoms with Crippen LogP contribution in [0.25, 0.3) is 0 Å². The van der Waals surface area contributed by atoms with Gasteiger partial charge < -0.3 is 5.32 Å². The summed E-state index contributed by atoms with van der Waals surface area (Å²) in [6, 6.07) is 8.95. The largest absolute Gasteiger partial charge is 0.316 e. The molecule has 0 atom stereocenters. The lowest BCUT2D eigenvalue weighted by atomic mass is 9.73. The van der Waals surface area contributed by atoms with Gasteiger partial charge in [0.15, 0.2) is 0 Å². The van der Waals surface area contributed by atoms with Crippen molar-refractivity contribution in [1.82, 2.24) is 10.2 Å². The third kappa shape index (κ3) is 3.07. The number of hydrogen-bond donors (Lipinski definition) is 1. The van der Waals surface area contributed by atoms with E-state index in [9.17, 15) is 0 Å². The summed E-state index contributed by atoms with van der Waals surface area (Å²) in [7, 11) is 0. The van der Waals surface area contributed by atoms with Crippen LogP contribution in [0.1, 0.15) is 50.2 Å². The first kappa shape index (κ1) is 14.1. The van der Waals surface area contributed by atoms with E-state index in [2.05, 4.69) is 41.4 Å². The smallest absolute Gasteiger partial charge is 0.0240 e. The molecule has 1 N–H and O–H groups in total. The molecule has 2 nitrogen and oxygen atoms in total. The summed E-state index contributed by atoms with van der Waals surface area (Å²) in [4.78, 5) is 2.67. The van der Waals surface area contributed by atoms with Gasteiger partial charge in [0, 0.05) is 26.2 Å². The van der Waals surface area contributed by atoms with Gasteiger partial charge in [-0.1, -0.05) is 50.5 Å². The summed E-state index contributed by atoms with van der Waals surface area (Å²) >= 11 is 0. The molecule has 2 aliphatic rings. The summed E-state index contributed by atoms with van der Waals surface area (Å²) in [5, 5.41) is 3.63. The molecule has 1 heterocycles. The Morgan fingerprint density at radius 2 is 1.70 bits per heavy atom. The minimum atomic E-state index is 0.524. The molecule has 3 rings (SSSR count). The highest BCUT2D eigenvalue weighted by atomic mass is 15.1. The van der Waals surface area contributed by atoms with Crippen LogP contribution in [0.5, 0.6) is 0 Å². The van der Waals surface area contributed by atoms with Crippen molar-refractivity contribution >= 4 is 0 Å². The summed E-state index contributed by atoms with van der Waals surface area (Å²) in [6.45, 7) is 8.11. The molecule has 2 heteroatoms. The zero-order valence-electron chi connectivity index (χ0n) is 12.8. The van der Waals surface area contributed by atoms with E-state index in [1.165, 1.54) is 45.2 Å². The molecule has 1 aliphatic heterocycles. The van der Waals surface area contributed by atoms with Crippen LogP contribution in [0.15, 0.2) is 24.3 Å². The third-order valence-electron chi connectivity index (χ3n) is 5.13. The second-order valence-electron chi connectivity index (χ2n) is 6.75. The van der Waals surface area contributed by atoms with Crippen molar-refractivity contribution in [3.63, 3.8) is 0 Å². The maximum Gasteiger partial charge on any atom is 0.0240 e. The molecular weight excluding hydrogens is 244 g/mol. The van der Waals surface area contributed by atoms with Crippen molar-refractivity contribution in [2.24, 2.45) is 5.41 Å². The topological polar surface area (TPSA) is 15.3 Å². The fourth-order valence-corrected chi connectivity index (χ4v) is 4.07. The number of nitrogens with one attached hydrogen (secondary N) is 1. The summed E-state index contributed by atoms with van der Waals surface area (Å²) in [5.74, 6) is 0. The van der Waals surface area contributed by atoms with Crippen LogP contribution in [0.4, 0.5) is 0 Å². The minimum absolute atomic E-state index is 0.524. The molecule has 1 aromatic carbocycles. The Morgan fingerprint density at radius 3 is 2.30 bits per heavy atom. The van der Waals surface area contributed by atoms with Crippen molar-refractivity contribution in [2.75, 3.05) is 19.6 Å². The van der Waals surface area contributed by atoms with Gasteiger partial charge in [-0.15, -0.1) is 0 Å². The zero-order valence-corrected chi connectivity index (χ0v) is 12.8.